The number of nitrogens with two attached hydrogens (primary N) is 1. The molecule has 0 fully saturated rings. The zero-order chi connectivity index (χ0) is 11.4. The van der Waals surface area contributed by atoms with E-state index in [0.29, 0.717) is 22.3 Å². The first-order valence-electron chi connectivity index (χ1n) is 5.30. The zero-order valence-corrected chi connectivity index (χ0v) is 10.5. The highest BCUT2D eigenvalue weighted by molar-refractivity contribution is 7.99. The summed E-state index contributed by atoms with van der Waals surface area (Å²) in [4.78, 5) is 0. The third-order valence-corrected chi connectivity index (χ3v) is 3.14. The van der Waals surface area contributed by atoms with Crippen molar-refractivity contribution in [2.24, 2.45) is 11.7 Å². The van der Waals surface area contributed by atoms with Crippen LogP contribution in [-0.2, 0) is 0 Å². The third-order valence-electron chi connectivity index (χ3n) is 2.30. The van der Waals surface area contributed by atoms with Gasteiger partial charge < -0.3 is 10.2 Å². The highest BCUT2D eigenvalue weighted by Crippen LogP contribution is 2.25. The fraction of sp³-hybridized carbons (Fsp3) is 0.800. The minimum atomic E-state index is -0.149. The Morgan fingerprint density at radius 2 is 2.00 bits per heavy atom. The van der Waals surface area contributed by atoms with Crippen molar-refractivity contribution in [1.82, 2.24) is 10.2 Å². The van der Waals surface area contributed by atoms with E-state index in [9.17, 15) is 0 Å². The monoisotopic (exact) mass is 229 g/mol. The predicted molar refractivity (Wildman–Crippen MR) is 61.7 cm³/mol. The summed E-state index contributed by atoms with van der Waals surface area (Å²) in [6.45, 7) is 8.36. The van der Waals surface area contributed by atoms with E-state index in [1.807, 2.05) is 0 Å². The van der Waals surface area contributed by atoms with Crippen LogP contribution in [0.4, 0.5) is 0 Å². The molecule has 0 aliphatic rings. The van der Waals surface area contributed by atoms with E-state index in [0.717, 1.165) is 6.42 Å². The van der Waals surface area contributed by atoms with Gasteiger partial charge in [0.2, 0.25) is 5.89 Å². The fourth-order valence-corrected chi connectivity index (χ4v) is 1.73. The lowest BCUT2D eigenvalue weighted by atomic mass is 10.0. The van der Waals surface area contributed by atoms with Gasteiger partial charge in [-0.1, -0.05) is 45.9 Å². The Morgan fingerprint density at radius 1 is 1.33 bits per heavy atom. The number of aromatic nitrogens is 2. The van der Waals surface area contributed by atoms with Gasteiger partial charge in [-0.05, 0) is 5.92 Å². The van der Waals surface area contributed by atoms with Crippen molar-refractivity contribution in [2.75, 3.05) is 0 Å². The van der Waals surface area contributed by atoms with E-state index in [2.05, 4.69) is 37.9 Å². The van der Waals surface area contributed by atoms with Gasteiger partial charge in [0.05, 0.1) is 6.04 Å². The molecule has 0 amide bonds. The normalized spacial score (nSPS) is 15.6. The molecule has 0 unspecified atom stereocenters. The van der Waals surface area contributed by atoms with Crippen molar-refractivity contribution in [3.05, 3.63) is 5.89 Å². The minimum absolute atomic E-state index is 0.149. The van der Waals surface area contributed by atoms with Crippen molar-refractivity contribution in [2.45, 2.75) is 50.6 Å². The standard InChI is InChI=1S/C10H19N3OS/c1-5-7(4)8(11)9-12-13-10(14-9)15-6(2)3/h6-8H,5,11H2,1-4H3/t7-,8-/m0/s1. The predicted octanol–water partition coefficient (Wildman–Crippen LogP) is 2.62. The summed E-state index contributed by atoms with van der Waals surface area (Å²) < 4.78 is 5.49. The molecular weight excluding hydrogens is 210 g/mol. The van der Waals surface area contributed by atoms with Gasteiger partial charge in [0.15, 0.2) is 0 Å². The van der Waals surface area contributed by atoms with Gasteiger partial charge >= 0.3 is 0 Å². The fourth-order valence-electron chi connectivity index (χ4n) is 1.10. The van der Waals surface area contributed by atoms with Crippen LogP contribution in [0.5, 0.6) is 0 Å². The van der Waals surface area contributed by atoms with Crippen LogP contribution in [0.3, 0.4) is 0 Å². The maximum atomic E-state index is 5.99. The lowest BCUT2D eigenvalue weighted by Crippen LogP contribution is -2.18. The smallest absolute Gasteiger partial charge is 0.276 e. The average Bonchev–Trinajstić information content (AvgIpc) is 2.63. The second-order valence-corrected chi connectivity index (χ2v) is 5.51. The summed E-state index contributed by atoms with van der Waals surface area (Å²) in [7, 11) is 0. The Balaban J connectivity index is 2.66. The van der Waals surface area contributed by atoms with Crippen LogP contribution in [0.2, 0.25) is 0 Å². The minimum Gasteiger partial charge on any atom is -0.414 e. The molecule has 1 aromatic rings. The molecule has 1 rings (SSSR count). The molecule has 0 saturated carbocycles. The quantitative estimate of drug-likeness (QED) is 0.786. The summed E-state index contributed by atoms with van der Waals surface area (Å²) in [6, 6.07) is -0.149. The first-order valence-corrected chi connectivity index (χ1v) is 6.18. The molecule has 5 heteroatoms. The molecule has 0 spiro atoms. The molecule has 0 aromatic carbocycles. The van der Waals surface area contributed by atoms with Crippen LogP contribution in [0.1, 0.15) is 46.0 Å². The van der Waals surface area contributed by atoms with E-state index in [4.69, 9.17) is 10.2 Å². The van der Waals surface area contributed by atoms with Crippen molar-refractivity contribution < 1.29 is 4.42 Å². The maximum Gasteiger partial charge on any atom is 0.276 e. The molecule has 15 heavy (non-hydrogen) atoms. The largest absolute Gasteiger partial charge is 0.414 e. The Labute approximate surface area is 95.0 Å². The van der Waals surface area contributed by atoms with Gasteiger partial charge in [-0.25, -0.2) is 0 Å². The summed E-state index contributed by atoms with van der Waals surface area (Å²) in [5.41, 5.74) is 5.99. The van der Waals surface area contributed by atoms with Crippen LogP contribution < -0.4 is 5.73 Å². The second-order valence-electron chi connectivity index (χ2n) is 3.98. The molecule has 1 aromatic heterocycles. The highest BCUT2D eigenvalue weighted by atomic mass is 32.2. The van der Waals surface area contributed by atoms with Gasteiger partial charge in [0.1, 0.15) is 0 Å². The molecule has 0 aliphatic heterocycles. The van der Waals surface area contributed by atoms with E-state index >= 15 is 0 Å². The molecule has 0 radical (unpaired) electrons. The average molecular weight is 229 g/mol. The van der Waals surface area contributed by atoms with Crippen molar-refractivity contribution in [3.63, 3.8) is 0 Å². The van der Waals surface area contributed by atoms with E-state index in [1.54, 1.807) is 11.8 Å². The molecule has 86 valence electrons. The zero-order valence-electron chi connectivity index (χ0n) is 9.73. The number of rotatable bonds is 5. The van der Waals surface area contributed by atoms with Crippen LogP contribution >= 0.6 is 11.8 Å². The molecule has 1 heterocycles. The molecule has 0 saturated heterocycles. The van der Waals surface area contributed by atoms with E-state index in [-0.39, 0.29) is 6.04 Å². The van der Waals surface area contributed by atoms with Gasteiger partial charge in [0, 0.05) is 5.25 Å². The number of nitrogens with zero attached hydrogens (tertiary/aromatic N) is 2. The summed E-state index contributed by atoms with van der Waals surface area (Å²) in [5, 5.41) is 8.99. The molecular formula is C10H19N3OS. The van der Waals surface area contributed by atoms with E-state index in [1.165, 1.54) is 0 Å². The number of thioether (sulfide) groups is 1. The Hall–Kier alpha value is -0.550. The summed E-state index contributed by atoms with van der Waals surface area (Å²) >= 11 is 1.56. The molecule has 0 bridgehead atoms. The summed E-state index contributed by atoms with van der Waals surface area (Å²) in [6.07, 6.45) is 1.01. The van der Waals surface area contributed by atoms with Crippen LogP contribution in [0.15, 0.2) is 9.64 Å². The van der Waals surface area contributed by atoms with Gasteiger partial charge in [-0.2, -0.15) is 0 Å². The number of hydrogen-bond donors (Lipinski definition) is 1. The van der Waals surface area contributed by atoms with E-state index < -0.39 is 0 Å². The first kappa shape index (κ1) is 12.5. The topological polar surface area (TPSA) is 64.9 Å². The van der Waals surface area contributed by atoms with Crippen LogP contribution in [0, 0.1) is 5.92 Å². The van der Waals surface area contributed by atoms with Gasteiger partial charge in [-0.15, -0.1) is 10.2 Å². The second kappa shape index (κ2) is 5.51. The molecule has 4 nitrogen and oxygen atoms in total. The third kappa shape index (κ3) is 3.50. The Bertz CT molecular complexity index is 301. The Kier molecular flexibility index (Phi) is 4.60. The first-order chi connectivity index (χ1) is 7.04. The Morgan fingerprint density at radius 3 is 2.53 bits per heavy atom. The maximum absolute atomic E-state index is 5.99. The molecule has 2 N–H and O–H groups in total. The SMILES string of the molecule is CC[C@H](C)[C@H](N)c1nnc(SC(C)C)o1. The van der Waals surface area contributed by atoms with Crippen LogP contribution in [0.25, 0.3) is 0 Å². The van der Waals surface area contributed by atoms with Gasteiger partial charge in [0.25, 0.3) is 5.22 Å². The lowest BCUT2D eigenvalue weighted by Gasteiger charge is -2.13. The summed E-state index contributed by atoms with van der Waals surface area (Å²) in [5.74, 6) is 0.912. The van der Waals surface area contributed by atoms with Crippen LogP contribution in [-0.4, -0.2) is 15.4 Å². The van der Waals surface area contributed by atoms with Crippen molar-refractivity contribution in [1.29, 1.82) is 0 Å². The molecule has 2 atom stereocenters. The van der Waals surface area contributed by atoms with Gasteiger partial charge in [-0.3, -0.25) is 0 Å². The van der Waals surface area contributed by atoms with Crippen molar-refractivity contribution in [3.8, 4) is 0 Å². The molecule has 0 aliphatic carbocycles. The lowest BCUT2D eigenvalue weighted by molar-refractivity contribution is 0.333. The number of hydrogen-bond acceptors (Lipinski definition) is 5. The highest BCUT2D eigenvalue weighted by Gasteiger charge is 2.20. The van der Waals surface area contributed by atoms with Crippen molar-refractivity contribution >= 4 is 11.8 Å².